The molecule has 56 heavy (non-hydrogen) atoms. The van der Waals surface area contributed by atoms with Crippen molar-refractivity contribution in [1.82, 2.24) is 0 Å². The van der Waals surface area contributed by atoms with E-state index in [4.69, 9.17) is 14.2 Å². The van der Waals surface area contributed by atoms with Crippen molar-refractivity contribution >= 4 is 17.9 Å². The van der Waals surface area contributed by atoms with Gasteiger partial charge in [0, 0.05) is 19.3 Å². The number of carbonyl (C=O) groups excluding carboxylic acids is 3. The molecule has 332 valence electrons. The maximum absolute atomic E-state index is 12.7. The summed E-state index contributed by atoms with van der Waals surface area (Å²) in [5.41, 5.74) is 0. The summed E-state index contributed by atoms with van der Waals surface area (Å²) in [4.78, 5) is 37.8. The highest BCUT2D eigenvalue weighted by molar-refractivity contribution is 5.71. The Bertz CT molecular complexity index is 828. The summed E-state index contributed by atoms with van der Waals surface area (Å²) in [5, 5.41) is 0. The molecular weight excluding hydrogens is 697 g/mol. The Labute approximate surface area is 348 Å². The molecule has 6 nitrogen and oxygen atoms in total. The average molecular weight is 793 g/mol. The van der Waals surface area contributed by atoms with Crippen LogP contribution in [-0.2, 0) is 28.6 Å². The molecule has 0 fully saturated rings. The molecule has 0 spiro atoms. The van der Waals surface area contributed by atoms with E-state index in [-0.39, 0.29) is 31.1 Å². The predicted octanol–water partition coefficient (Wildman–Crippen LogP) is 16.0. The Hall–Kier alpha value is -1.59. The molecule has 0 aliphatic rings. The number of unbranched alkanes of at least 4 members (excludes halogenated alkanes) is 35. The van der Waals surface area contributed by atoms with Crippen LogP contribution >= 0.6 is 0 Å². The van der Waals surface area contributed by atoms with E-state index in [0.29, 0.717) is 19.3 Å². The fourth-order valence-corrected chi connectivity index (χ4v) is 7.56. The molecule has 0 bridgehead atoms. The van der Waals surface area contributed by atoms with Crippen molar-refractivity contribution in [3.63, 3.8) is 0 Å². The molecule has 0 aromatic heterocycles. The zero-order chi connectivity index (χ0) is 40.8. The van der Waals surface area contributed by atoms with E-state index in [0.717, 1.165) is 57.8 Å². The fraction of sp³-hybridized carbons (Fsp3) is 0.940. The van der Waals surface area contributed by atoms with Crippen molar-refractivity contribution in [2.75, 3.05) is 13.2 Å². The average Bonchev–Trinajstić information content (AvgIpc) is 3.19. The maximum atomic E-state index is 12.7. The first-order valence-corrected chi connectivity index (χ1v) is 25.0. The molecule has 0 aromatic carbocycles. The van der Waals surface area contributed by atoms with Crippen molar-refractivity contribution in [2.24, 2.45) is 0 Å². The van der Waals surface area contributed by atoms with Gasteiger partial charge < -0.3 is 14.2 Å². The lowest BCUT2D eigenvalue weighted by molar-refractivity contribution is -0.167. The first-order valence-electron chi connectivity index (χ1n) is 25.0. The minimum absolute atomic E-state index is 0.0621. The normalized spacial score (nSPS) is 11.8. The lowest BCUT2D eigenvalue weighted by Gasteiger charge is -2.18. The Morgan fingerprint density at radius 1 is 0.286 bits per heavy atom. The van der Waals surface area contributed by atoms with Gasteiger partial charge in [-0.15, -0.1) is 0 Å². The van der Waals surface area contributed by atoms with Gasteiger partial charge in [0.25, 0.3) is 0 Å². The third-order valence-corrected chi connectivity index (χ3v) is 11.4. The molecule has 6 heteroatoms. The highest BCUT2D eigenvalue weighted by Gasteiger charge is 2.19. The molecule has 0 N–H and O–H groups in total. The maximum Gasteiger partial charge on any atom is 0.306 e. The molecule has 0 unspecified atom stereocenters. The van der Waals surface area contributed by atoms with Gasteiger partial charge in [-0.3, -0.25) is 14.4 Å². The van der Waals surface area contributed by atoms with Gasteiger partial charge in [-0.1, -0.05) is 245 Å². The van der Waals surface area contributed by atoms with Crippen molar-refractivity contribution in [3.8, 4) is 0 Å². The third-order valence-electron chi connectivity index (χ3n) is 11.4. The van der Waals surface area contributed by atoms with E-state index in [1.807, 2.05) is 0 Å². The third kappa shape index (κ3) is 43.5. The van der Waals surface area contributed by atoms with Crippen LogP contribution in [0.4, 0.5) is 0 Å². The second kappa shape index (κ2) is 46.1. The standard InChI is InChI=1S/C50H96O6/c1-4-7-10-13-16-19-22-24-25-26-29-31-34-37-40-43-49(52)55-46-47(56-50(53)44-41-38-35-32-27-21-18-15-12-9-6-3)45-54-48(51)42-39-36-33-30-28-23-20-17-14-11-8-5-2/h47H,4-46H2,1-3H3/t47-/m1/s1. The SMILES string of the molecule is CCCCCCCCCCCCCCCCCC(=O)OC[C@@H](COC(=O)CCCCCCCCCCCCCC)OC(=O)CCCCCCCCCCCCC. The molecule has 0 rings (SSSR count). The first-order chi connectivity index (χ1) is 27.5. The highest BCUT2D eigenvalue weighted by atomic mass is 16.6. The van der Waals surface area contributed by atoms with Gasteiger partial charge in [0.05, 0.1) is 0 Å². The van der Waals surface area contributed by atoms with Gasteiger partial charge >= 0.3 is 17.9 Å². The molecular formula is C50H96O6. The van der Waals surface area contributed by atoms with Gasteiger partial charge in [0.15, 0.2) is 6.10 Å². The highest BCUT2D eigenvalue weighted by Crippen LogP contribution is 2.16. The van der Waals surface area contributed by atoms with Crippen LogP contribution in [0, 0.1) is 0 Å². The Kier molecular flexibility index (Phi) is 44.8. The topological polar surface area (TPSA) is 78.9 Å². The van der Waals surface area contributed by atoms with Crippen LogP contribution in [0.5, 0.6) is 0 Å². The molecule has 0 aliphatic carbocycles. The lowest BCUT2D eigenvalue weighted by Crippen LogP contribution is -2.30. The number of carbonyl (C=O) groups is 3. The van der Waals surface area contributed by atoms with Crippen LogP contribution in [0.3, 0.4) is 0 Å². The smallest absolute Gasteiger partial charge is 0.306 e. The van der Waals surface area contributed by atoms with Crippen molar-refractivity contribution in [2.45, 2.75) is 290 Å². The monoisotopic (exact) mass is 793 g/mol. The molecule has 1 atom stereocenters. The van der Waals surface area contributed by atoms with Crippen LogP contribution < -0.4 is 0 Å². The van der Waals surface area contributed by atoms with E-state index in [9.17, 15) is 14.4 Å². The van der Waals surface area contributed by atoms with Gasteiger partial charge in [-0.25, -0.2) is 0 Å². The van der Waals surface area contributed by atoms with Gasteiger partial charge in [0.1, 0.15) is 13.2 Å². The largest absolute Gasteiger partial charge is 0.462 e. The van der Waals surface area contributed by atoms with E-state index in [2.05, 4.69) is 20.8 Å². The summed E-state index contributed by atoms with van der Waals surface area (Å²) >= 11 is 0. The molecule has 0 radical (unpaired) electrons. The van der Waals surface area contributed by atoms with Crippen molar-refractivity contribution in [1.29, 1.82) is 0 Å². The second-order valence-corrected chi connectivity index (χ2v) is 17.1. The van der Waals surface area contributed by atoms with E-state index < -0.39 is 6.10 Å². The van der Waals surface area contributed by atoms with Crippen LogP contribution in [0.1, 0.15) is 284 Å². The zero-order valence-electron chi connectivity index (χ0n) is 37.9. The number of rotatable bonds is 46. The predicted molar refractivity (Wildman–Crippen MR) is 238 cm³/mol. The van der Waals surface area contributed by atoms with Gasteiger partial charge in [-0.05, 0) is 19.3 Å². The Balaban J connectivity index is 4.29. The molecule has 0 aromatic rings. The lowest BCUT2D eigenvalue weighted by atomic mass is 10.0. The summed E-state index contributed by atoms with van der Waals surface area (Å²) in [6.07, 6.45) is 47.9. The number of hydrogen-bond donors (Lipinski definition) is 0. The van der Waals surface area contributed by atoms with Crippen LogP contribution in [0.25, 0.3) is 0 Å². The van der Waals surface area contributed by atoms with Crippen LogP contribution in [0.15, 0.2) is 0 Å². The minimum atomic E-state index is -0.758. The van der Waals surface area contributed by atoms with Crippen LogP contribution in [-0.4, -0.2) is 37.2 Å². The van der Waals surface area contributed by atoms with Gasteiger partial charge in [-0.2, -0.15) is 0 Å². The summed E-state index contributed by atoms with van der Waals surface area (Å²) in [7, 11) is 0. The number of hydrogen-bond acceptors (Lipinski definition) is 6. The molecule has 0 amide bonds. The van der Waals surface area contributed by atoms with Gasteiger partial charge in [0.2, 0.25) is 0 Å². The number of ether oxygens (including phenoxy) is 3. The van der Waals surface area contributed by atoms with E-state index in [1.54, 1.807) is 0 Å². The van der Waals surface area contributed by atoms with Crippen LogP contribution in [0.2, 0.25) is 0 Å². The molecule has 0 heterocycles. The first kappa shape index (κ1) is 54.4. The molecule has 0 aliphatic heterocycles. The summed E-state index contributed by atoms with van der Waals surface area (Å²) in [6, 6.07) is 0. The summed E-state index contributed by atoms with van der Waals surface area (Å²) < 4.78 is 16.8. The number of esters is 3. The van der Waals surface area contributed by atoms with E-state index in [1.165, 1.54) is 186 Å². The van der Waals surface area contributed by atoms with Crippen molar-refractivity contribution < 1.29 is 28.6 Å². The minimum Gasteiger partial charge on any atom is -0.462 e. The fourth-order valence-electron chi connectivity index (χ4n) is 7.56. The zero-order valence-corrected chi connectivity index (χ0v) is 37.9. The second-order valence-electron chi connectivity index (χ2n) is 17.1. The Morgan fingerprint density at radius 2 is 0.482 bits per heavy atom. The van der Waals surface area contributed by atoms with E-state index >= 15 is 0 Å². The molecule has 0 saturated carbocycles. The quantitative estimate of drug-likeness (QED) is 0.0347. The molecule has 0 saturated heterocycles. The summed E-state index contributed by atoms with van der Waals surface area (Å²) in [6.45, 7) is 6.66. The summed E-state index contributed by atoms with van der Waals surface area (Å²) in [5.74, 6) is -0.845. The Morgan fingerprint density at radius 3 is 0.714 bits per heavy atom. The van der Waals surface area contributed by atoms with Crippen molar-refractivity contribution in [3.05, 3.63) is 0 Å².